The molecule has 7 N–H and O–H groups in total. The number of aliphatic hydroxyl groups is 3. The van der Waals surface area contributed by atoms with Gasteiger partial charge in [-0.05, 0) is 125 Å². The predicted molar refractivity (Wildman–Crippen MR) is 206 cm³/mol. The molecule has 2 aliphatic rings. The zero-order valence-electron chi connectivity index (χ0n) is 31.3. The van der Waals surface area contributed by atoms with Crippen molar-refractivity contribution in [3.8, 4) is 0 Å². The molecule has 4 rings (SSSR count). The molecule has 284 valence electrons. The number of carboxylic acids is 1. The van der Waals surface area contributed by atoms with Crippen LogP contribution in [0.25, 0.3) is 0 Å². The SMILES string of the molecule is CCCCC[C@@H]1C=C[C@@H](CCCCC[C@H](C(=O)O)[C@H](O)CC[C@]2(O)C[C@@H](CN[C@H](C)CCc3ccccc3)[C@H](Cc3ccnc(N)c3)C2)[C@H](O)C1. The van der Waals surface area contributed by atoms with Crippen LogP contribution in [0.3, 0.4) is 0 Å². The lowest BCUT2D eigenvalue weighted by Crippen LogP contribution is -2.34. The Morgan fingerprint density at radius 1 is 0.980 bits per heavy atom. The number of pyridine rings is 1. The quantitative estimate of drug-likeness (QED) is 0.0514. The summed E-state index contributed by atoms with van der Waals surface area (Å²) in [7, 11) is 0. The molecule has 2 aromatic rings. The van der Waals surface area contributed by atoms with Crippen LogP contribution >= 0.6 is 0 Å². The molecule has 1 fully saturated rings. The topological polar surface area (TPSA) is 149 Å². The standard InChI is InChI=1S/C43H67N3O5/c1-3-4-7-14-33-19-20-35(40(48)26-33)15-10-6-11-16-38(42(49)50)39(47)21-23-43(51)28-36(25-34-22-24-45-41(44)27-34)37(29-43)30-46-31(2)17-18-32-12-8-5-9-13-32/h5,8-9,12-13,19-20,22,24,27,31,33,35-40,46-48,51H,3-4,6-7,10-11,14-18,21,23,25-26,28-30H2,1-2H3,(H2,44,45)(H,49,50)/t31-,33-,35-,36-,37+,38+,39-,40-,43-/m1/s1. The highest BCUT2D eigenvalue weighted by Crippen LogP contribution is 2.44. The highest BCUT2D eigenvalue weighted by atomic mass is 16.4. The van der Waals surface area contributed by atoms with Gasteiger partial charge >= 0.3 is 5.97 Å². The van der Waals surface area contributed by atoms with Crippen molar-refractivity contribution >= 4 is 11.8 Å². The lowest BCUT2D eigenvalue weighted by atomic mass is 9.81. The van der Waals surface area contributed by atoms with Crippen molar-refractivity contribution in [2.75, 3.05) is 12.3 Å². The summed E-state index contributed by atoms with van der Waals surface area (Å²) < 4.78 is 0. The van der Waals surface area contributed by atoms with E-state index < -0.39 is 23.6 Å². The molecule has 0 aliphatic heterocycles. The maximum Gasteiger partial charge on any atom is 0.309 e. The number of hydrogen-bond acceptors (Lipinski definition) is 7. The van der Waals surface area contributed by atoms with Crippen molar-refractivity contribution < 1.29 is 25.2 Å². The molecule has 1 aromatic carbocycles. The first-order valence-corrected chi connectivity index (χ1v) is 20.0. The number of unbranched alkanes of at least 4 members (excludes halogenated alkanes) is 4. The zero-order chi connectivity index (χ0) is 36.6. The molecular formula is C43H67N3O5. The van der Waals surface area contributed by atoms with Crippen LogP contribution in [-0.4, -0.2) is 61.8 Å². The van der Waals surface area contributed by atoms with Crippen LogP contribution in [-0.2, 0) is 17.6 Å². The summed E-state index contributed by atoms with van der Waals surface area (Å²) in [5.74, 6) is -0.212. The van der Waals surface area contributed by atoms with E-state index in [2.05, 4.69) is 60.6 Å². The van der Waals surface area contributed by atoms with Gasteiger partial charge in [-0.2, -0.15) is 0 Å². The Morgan fingerprint density at radius 3 is 2.47 bits per heavy atom. The summed E-state index contributed by atoms with van der Waals surface area (Å²) in [5.41, 5.74) is 7.45. The van der Waals surface area contributed by atoms with Gasteiger partial charge in [0.1, 0.15) is 5.82 Å². The highest BCUT2D eigenvalue weighted by molar-refractivity contribution is 5.70. The number of aryl methyl sites for hydroxylation is 1. The highest BCUT2D eigenvalue weighted by Gasteiger charge is 2.44. The number of carboxylic acid groups (broad SMARTS) is 1. The van der Waals surface area contributed by atoms with E-state index in [1.54, 1.807) is 6.20 Å². The summed E-state index contributed by atoms with van der Waals surface area (Å²) in [4.78, 5) is 16.4. The van der Waals surface area contributed by atoms with E-state index in [0.29, 0.717) is 43.5 Å². The van der Waals surface area contributed by atoms with Gasteiger partial charge in [-0.25, -0.2) is 4.98 Å². The number of aliphatic hydroxyl groups excluding tert-OH is 2. The minimum Gasteiger partial charge on any atom is -0.481 e. The van der Waals surface area contributed by atoms with E-state index in [4.69, 9.17) is 5.73 Å². The molecule has 8 nitrogen and oxygen atoms in total. The number of rotatable bonds is 23. The van der Waals surface area contributed by atoms with E-state index in [0.717, 1.165) is 69.9 Å². The minimum absolute atomic E-state index is 0.178. The zero-order valence-corrected chi connectivity index (χ0v) is 31.3. The van der Waals surface area contributed by atoms with Crippen LogP contribution in [0.1, 0.15) is 121 Å². The van der Waals surface area contributed by atoms with Crippen molar-refractivity contribution in [2.24, 2.45) is 29.6 Å². The lowest BCUT2D eigenvalue weighted by Gasteiger charge is -2.28. The Morgan fingerprint density at radius 2 is 1.75 bits per heavy atom. The monoisotopic (exact) mass is 706 g/mol. The number of nitrogens with zero attached hydrogens (tertiary/aromatic N) is 1. The number of nitrogen functional groups attached to an aromatic ring is 1. The molecule has 0 saturated heterocycles. The third-order valence-electron chi connectivity index (χ3n) is 11.8. The molecule has 0 amide bonds. The number of carbonyl (C=O) groups is 1. The van der Waals surface area contributed by atoms with Crippen LogP contribution in [0.2, 0.25) is 0 Å². The number of nitrogens with two attached hydrogens (primary N) is 1. The largest absolute Gasteiger partial charge is 0.481 e. The molecule has 1 aromatic heterocycles. The molecule has 0 spiro atoms. The first-order valence-electron chi connectivity index (χ1n) is 20.0. The van der Waals surface area contributed by atoms with Gasteiger partial charge in [0, 0.05) is 18.2 Å². The van der Waals surface area contributed by atoms with Crippen molar-refractivity contribution in [3.05, 3.63) is 71.9 Å². The van der Waals surface area contributed by atoms with Gasteiger partial charge in [0.2, 0.25) is 0 Å². The first-order chi connectivity index (χ1) is 24.5. The van der Waals surface area contributed by atoms with Crippen molar-refractivity contribution in [3.63, 3.8) is 0 Å². The van der Waals surface area contributed by atoms with Crippen LogP contribution in [0.5, 0.6) is 0 Å². The van der Waals surface area contributed by atoms with Crippen molar-refractivity contribution in [2.45, 2.75) is 147 Å². The first kappa shape index (κ1) is 41.0. The van der Waals surface area contributed by atoms with Crippen molar-refractivity contribution in [1.29, 1.82) is 0 Å². The molecule has 8 heteroatoms. The van der Waals surface area contributed by atoms with Gasteiger partial charge in [0.15, 0.2) is 0 Å². The van der Waals surface area contributed by atoms with Crippen LogP contribution in [0.15, 0.2) is 60.8 Å². The number of benzene rings is 1. The molecule has 0 bridgehead atoms. The van der Waals surface area contributed by atoms with Gasteiger partial charge < -0.3 is 31.5 Å². The summed E-state index contributed by atoms with van der Waals surface area (Å²) in [6.07, 6.45) is 19.1. The molecule has 2 aliphatic carbocycles. The molecule has 1 saturated carbocycles. The van der Waals surface area contributed by atoms with E-state index in [9.17, 15) is 25.2 Å². The molecule has 9 atom stereocenters. The average Bonchev–Trinajstić information content (AvgIpc) is 3.42. The summed E-state index contributed by atoms with van der Waals surface area (Å²) in [5, 5.41) is 47.4. The Balaban J connectivity index is 1.24. The number of allylic oxidation sites excluding steroid dienone is 1. The van der Waals surface area contributed by atoms with Gasteiger partial charge in [-0.15, -0.1) is 0 Å². The van der Waals surface area contributed by atoms with Gasteiger partial charge in [0.25, 0.3) is 0 Å². The Kier molecular flexibility index (Phi) is 16.9. The maximum atomic E-state index is 12.2. The predicted octanol–water partition coefficient (Wildman–Crippen LogP) is 7.50. The van der Waals surface area contributed by atoms with E-state index in [1.165, 1.54) is 24.8 Å². The fourth-order valence-corrected chi connectivity index (χ4v) is 8.65. The number of aromatic nitrogens is 1. The fraction of sp³-hybridized carbons (Fsp3) is 0.674. The second-order valence-electron chi connectivity index (χ2n) is 16.1. The third-order valence-corrected chi connectivity index (χ3v) is 11.8. The normalized spacial score (nSPS) is 26.6. The van der Waals surface area contributed by atoms with Crippen LogP contribution in [0.4, 0.5) is 5.82 Å². The molecule has 51 heavy (non-hydrogen) atoms. The Hall–Kier alpha value is -2.78. The van der Waals surface area contributed by atoms with E-state index in [-0.39, 0.29) is 30.3 Å². The number of hydrogen-bond donors (Lipinski definition) is 6. The number of anilines is 1. The number of aliphatic carboxylic acids is 1. The maximum absolute atomic E-state index is 12.2. The summed E-state index contributed by atoms with van der Waals surface area (Å²) >= 11 is 0. The Labute approximate surface area is 307 Å². The van der Waals surface area contributed by atoms with E-state index >= 15 is 0 Å². The molecular weight excluding hydrogens is 638 g/mol. The van der Waals surface area contributed by atoms with E-state index in [1.807, 2.05) is 18.2 Å². The number of nitrogens with one attached hydrogen (secondary N) is 1. The summed E-state index contributed by atoms with van der Waals surface area (Å²) in [6.45, 7) is 5.21. The van der Waals surface area contributed by atoms with Crippen molar-refractivity contribution in [1.82, 2.24) is 10.3 Å². The fourth-order valence-electron chi connectivity index (χ4n) is 8.65. The molecule has 0 radical (unpaired) electrons. The molecule has 1 heterocycles. The lowest BCUT2D eigenvalue weighted by molar-refractivity contribution is -0.146. The third kappa shape index (κ3) is 13.9. The second kappa shape index (κ2) is 21.1. The smallest absolute Gasteiger partial charge is 0.309 e. The van der Waals surface area contributed by atoms with Crippen LogP contribution in [0, 0.1) is 29.6 Å². The second-order valence-corrected chi connectivity index (χ2v) is 16.1. The summed E-state index contributed by atoms with van der Waals surface area (Å²) in [6, 6.07) is 14.7. The Bertz CT molecular complexity index is 1320. The van der Waals surface area contributed by atoms with Gasteiger partial charge in [-0.1, -0.05) is 87.9 Å². The van der Waals surface area contributed by atoms with Crippen LogP contribution < -0.4 is 11.1 Å². The van der Waals surface area contributed by atoms with Gasteiger partial charge in [-0.3, -0.25) is 4.79 Å². The molecule has 0 unspecified atom stereocenters. The average molecular weight is 706 g/mol. The minimum atomic E-state index is -1.01. The van der Waals surface area contributed by atoms with Gasteiger partial charge in [0.05, 0.1) is 23.7 Å².